The standard InChI is InChI=1S/C21H23FN2O2/c1-2-6-20(25)24-13-11-23(12-14-24)19-10-9-17(15-18(19)22)21(26)16-7-4-3-5-8-16/h3-5,7-10,15H,2,6,11-14H2,1H3. The molecule has 3 rings (SSSR count). The normalized spacial score (nSPS) is 14.4. The second kappa shape index (κ2) is 8.13. The van der Waals surface area contributed by atoms with Gasteiger partial charge in [-0.15, -0.1) is 0 Å². The zero-order valence-corrected chi connectivity index (χ0v) is 15.0. The Morgan fingerprint density at radius 1 is 0.962 bits per heavy atom. The van der Waals surface area contributed by atoms with Crippen LogP contribution in [0.4, 0.5) is 10.1 Å². The first-order valence-electron chi connectivity index (χ1n) is 9.02. The third-order valence-electron chi connectivity index (χ3n) is 4.68. The predicted octanol–water partition coefficient (Wildman–Crippen LogP) is 3.51. The van der Waals surface area contributed by atoms with Crippen molar-refractivity contribution in [3.63, 3.8) is 0 Å². The molecule has 0 bridgehead atoms. The fourth-order valence-electron chi connectivity index (χ4n) is 3.23. The Bertz CT molecular complexity index is 784. The topological polar surface area (TPSA) is 40.6 Å². The molecule has 0 unspecified atom stereocenters. The Balaban J connectivity index is 1.69. The molecule has 2 aromatic carbocycles. The highest BCUT2D eigenvalue weighted by atomic mass is 19.1. The van der Waals surface area contributed by atoms with Crippen molar-refractivity contribution in [3.05, 3.63) is 65.5 Å². The molecular formula is C21H23FN2O2. The molecule has 1 fully saturated rings. The average Bonchev–Trinajstić information content (AvgIpc) is 2.68. The first kappa shape index (κ1) is 18.1. The molecule has 0 aromatic heterocycles. The van der Waals surface area contributed by atoms with Crippen LogP contribution in [0.2, 0.25) is 0 Å². The van der Waals surface area contributed by atoms with Crippen LogP contribution in [0.3, 0.4) is 0 Å². The number of hydrogen-bond acceptors (Lipinski definition) is 3. The van der Waals surface area contributed by atoms with Gasteiger partial charge < -0.3 is 9.80 Å². The van der Waals surface area contributed by atoms with Crippen LogP contribution in [-0.4, -0.2) is 42.8 Å². The Labute approximate surface area is 153 Å². The van der Waals surface area contributed by atoms with Crippen LogP contribution >= 0.6 is 0 Å². The SMILES string of the molecule is CCCC(=O)N1CCN(c2ccc(C(=O)c3ccccc3)cc2F)CC1. The highest BCUT2D eigenvalue weighted by Gasteiger charge is 2.23. The Hall–Kier alpha value is -2.69. The quantitative estimate of drug-likeness (QED) is 0.772. The molecule has 1 amide bonds. The van der Waals surface area contributed by atoms with Crippen LogP contribution < -0.4 is 4.90 Å². The maximum absolute atomic E-state index is 14.6. The largest absolute Gasteiger partial charge is 0.366 e. The lowest BCUT2D eigenvalue weighted by molar-refractivity contribution is -0.131. The summed E-state index contributed by atoms with van der Waals surface area (Å²) in [5, 5.41) is 0. The lowest BCUT2D eigenvalue weighted by Gasteiger charge is -2.36. The van der Waals surface area contributed by atoms with E-state index in [0.29, 0.717) is 49.4 Å². The van der Waals surface area contributed by atoms with Crippen molar-refractivity contribution in [2.45, 2.75) is 19.8 Å². The predicted molar refractivity (Wildman–Crippen MR) is 100.0 cm³/mol. The second-order valence-corrected chi connectivity index (χ2v) is 6.48. The summed E-state index contributed by atoms with van der Waals surface area (Å²) < 4.78 is 14.6. The highest BCUT2D eigenvalue weighted by Crippen LogP contribution is 2.23. The van der Waals surface area contributed by atoms with Crippen molar-refractivity contribution in [1.29, 1.82) is 0 Å². The van der Waals surface area contributed by atoms with Gasteiger partial charge in [0.1, 0.15) is 5.82 Å². The van der Waals surface area contributed by atoms with E-state index in [0.717, 1.165) is 6.42 Å². The molecule has 0 N–H and O–H groups in total. The number of amides is 1. The highest BCUT2D eigenvalue weighted by molar-refractivity contribution is 6.09. The summed E-state index contributed by atoms with van der Waals surface area (Å²) >= 11 is 0. The molecule has 1 aliphatic rings. The molecule has 0 saturated carbocycles. The van der Waals surface area contributed by atoms with E-state index in [1.54, 1.807) is 36.4 Å². The third-order valence-corrected chi connectivity index (χ3v) is 4.68. The van der Waals surface area contributed by atoms with Gasteiger partial charge in [0.05, 0.1) is 5.69 Å². The molecule has 5 heteroatoms. The molecule has 4 nitrogen and oxygen atoms in total. The molecule has 2 aromatic rings. The zero-order valence-electron chi connectivity index (χ0n) is 15.0. The van der Waals surface area contributed by atoms with Crippen LogP contribution in [0.5, 0.6) is 0 Å². The summed E-state index contributed by atoms with van der Waals surface area (Å²) in [7, 11) is 0. The van der Waals surface area contributed by atoms with Crippen LogP contribution in [-0.2, 0) is 4.79 Å². The van der Waals surface area contributed by atoms with Gasteiger partial charge in [-0.1, -0.05) is 37.3 Å². The lowest BCUT2D eigenvalue weighted by Crippen LogP contribution is -2.49. The monoisotopic (exact) mass is 354 g/mol. The molecule has 26 heavy (non-hydrogen) atoms. The van der Waals surface area contributed by atoms with E-state index in [2.05, 4.69) is 0 Å². The van der Waals surface area contributed by atoms with Crippen molar-refractivity contribution in [2.75, 3.05) is 31.1 Å². The minimum atomic E-state index is -0.403. The van der Waals surface area contributed by atoms with Gasteiger partial charge in [0.15, 0.2) is 5.78 Å². The first-order valence-corrected chi connectivity index (χ1v) is 9.02. The molecule has 1 saturated heterocycles. The number of benzene rings is 2. The number of halogens is 1. The van der Waals surface area contributed by atoms with E-state index in [4.69, 9.17) is 0 Å². The molecule has 0 atom stereocenters. The number of carbonyl (C=O) groups excluding carboxylic acids is 2. The van der Waals surface area contributed by atoms with Crippen LogP contribution in [0.15, 0.2) is 48.5 Å². The van der Waals surface area contributed by atoms with Crippen molar-refractivity contribution < 1.29 is 14.0 Å². The van der Waals surface area contributed by atoms with Crippen LogP contribution in [0.1, 0.15) is 35.7 Å². The summed E-state index contributed by atoms with van der Waals surface area (Å²) in [4.78, 5) is 28.2. The third kappa shape index (κ3) is 3.93. The van der Waals surface area contributed by atoms with Gasteiger partial charge >= 0.3 is 0 Å². The maximum Gasteiger partial charge on any atom is 0.222 e. The number of nitrogens with zero attached hydrogens (tertiary/aromatic N) is 2. The van der Waals surface area contributed by atoms with Gasteiger partial charge in [-0.3, -0.25) is 9.59 Å². The number of anilines is 1. The van der Waals surface area contributed by atoms with Crippen molar-refractivity contribution in [1.82, 2.24) is 4.90 Å². The number of rotatable bonds is 5. The molecule has 1 aliphatic heterocycles. The lowest BCUT2D eigenvalue weighted by atomic mass is 10.0. The van der Waals surface area contributed by atoms with Crippen molar-refractivity contribution in [3.8, 4) is 0 Å². The van der Waals surface area contributed by atoms with E-state index in [9.17, 15) is 14.0 Å². The molecular weight excluding hydrogens is 331 g/mol. The average molecular weight is 354 g/mol. The Morgan fingerprint density at radius 2 is 1.65 bits per heavy atom. The summed E-state index contributed by atoms with van der Waals surface area (Å²) in [5.41, 5.74) is 1.37. The first-order chi connectivity index (χ1) is 12.6. The molecule has 0 spiro atoms. The Kier molecular flexibility index (Phi) is 5.66. The van der Waals surface area contributed by atoms with Crippen LogP contribution in [0.25, 0.3) is 0 Å². The van der Waals surface area contributed by atoms with Gasteiger partial charge in [-0.05, 0) is 24.6 Å². The van der Waals surface area contributed by atoms with E-state index < -0.39 is 5.82 Å². The summed E-state index contributed by atoms with van der Waals surface area (Å²) in [6.45, 7) is 4.38. The van der Waals surface area contributed by atoms with E-state index in [1.807, 2.05) is 22.8 Å². The number of ketones is 1. The van der Waals surface area contributed by atoms with Gasteiger partial charge in [0.25, 0.3) is 0 Å². The van der Waals surface area contributed by atoms with E-state index >= 15 is 0 Å². The zero-order chi connectivity index (χ0) is 18.5. The molecule has 1 heterocycles. The van der Waals surface area contributed by atoms with Crippen molar-refractivity contribution >= 4 is 17.4 Å². The van der Waals surface area contributed by atoms with Gasteiger partial charge in [0.2, 0.25) is 5.91 Å². The fraction of sp³-hybridized carbons (Fsp3) is 0.333. The van der Waals surface area contributed by atoms with Crippen LogP contribution in [0, 0.1) is 5.82 Å². The second-order valence-electron chi connectivity index (χ2n) is 6.48. The minimum absolute atomic E-state index is 0.163. The molecule has 0 aliphatic carbocycles. The van der Waals surface area contributed by atoms with Gasteiger partial charge in [-0.2, -0.15) is 0 Å². The fourth-order valence-corrected chi connectivity index (χ4v) is 3.23. The Morgan fingerprint density at radius 3 is 2.27 bits per heavy atom. The minimum Gasteiger partial charge on any atom is -0.366 e. The summed E-state index contributed by atoms with van der Waals surface area (Å²) in [6.07, 6.45) is 1.40. The van der Waals surface area contributed by atoms with E-state index in [1.165, 1.54) is 6.07 Å². The van der Waals surface area contributed by atoms with Crippen molar-refractivity contribution in [2.24, 2.45) is 0 Å². The molecule has 0 radical (unpaired) electrons. The smallest absolute Gasteiger partial charge is 0.222 e. The molecule has 136 valence electrons. The van der Waals surface area contributed by atoms with E-state index in [-0.39, 0.29) is 11.7 Å². The number of hydrogen-bond donors (Lipinski definition) is 0. The van der Waals surface area contributed by atoms with Gasteiger partial charge in [-0.25, -0.2) is 4.39 Å². The van der Waals surface area contributed by atoms with Gasteiger partial charge in [0, 0.05) is 43.7 Å². The number of piperazine rings is 1. The summed E-state index contributed by atoms with van der Waals surface area (Å²) in [5.74, 6) is -0.428. The number of carbonyl (C=O) groups is 2. The summed E-state index contributed by atoms with van der Waals surface area (Å²) in [6, 6.07) is 13.5. The maximum atomic E-state index is 14.6.